The quantitative estimate of drug-likeness (QED) is 0.772. The number of hydrogen-bond donors (Lipinski definition) is 2. The highest BCUT2D eigenvalue weighted by molar-refractivity contribution is 7.89. The number of anilines is 1. The smallest absolute Gasteiger partial charge is 0.248 e. The van der Waals surface area contributed by atoms with Gasteiger partial charge in [-0.3, -0.25) is 0 Å². The molecule has 1 aliphatic rings. The Bertz CT molecular complexity index is 870. The molecule has 10 heteroatoms. The molecule has 2 aromatic heterocycles. The zero-order chi connectivity index (χ0) is 18.9. The standard InChI is InChI=1S/C16H24N6O3S/c1-10-15(11(2)25-21-10)26(23,24)22(4)9-12-8-14(17-3)20-16(19-12)13-6-5-7-18-13/h8,13,18H,5-7,9H2,1-4H3,(H,17,19,20)/t13-/m0/s1. The van der Waals surface area contributed by atoms with Crippen molar-refractivity contribution in [2.75, 3.05) is 26.0 Å². The highest BCUT2D eigenvalue weighted by Gasteiger charge is 2.29. The summed E-state index contributed by atoms with van der Waals surface area (Å²) < 4.78 is 32.0. The van der Waals surface area contributed by atoms with Crippen LogP contribution in [-0.4, -0.2) is 48.5 Å². The van der Waals surface area contributed by atoms with Crippen LogP contribution in [0.2, 0.25) is 0 Å². The Kier molecular flexibility index (Phi) is 5.26. The lowest BCUT2D eigenvalue weighted by molar-refractivity contribution is 0.389. The number of aromatic nitrogens is 3. The summed E-state index contributed by atoms with van der Waals surface area (Å²) in [5, 5.41) is 10.1. The summed E-state index contributed by atoms with van der Waals surface area (Å²) in [5.74, 6) is 1.64. The van der Waals surface area contributed by atoms with Gasteiger partial charge in [-0.1, -0.05) is 5.16 Å². The van der Waals surface area contributed by atoms with Crippen LogP contribution in [0.25, 0.3) is 0 Å². The van der Waals surface area contributed by atoms with Gasteiger partial charge in [0.05, 0.1) is 18.3 Å². The van der Waals surface area contributed by atoms with Crippen molar-refractivity contribution in [2.24, 2.45) is 0 Å². The molecule has 0 aromatic carbocycles. The Hall–Kier alpha value is -2.04. The first-order valence-corrected chi connectivity index (χ1v) is 9.95. The van der Waals surface area contributed by atoms with Gasteiger partial charge in [0.25, 0.3) is 0 Å². The van der Waals surface area contributed by atoms with Crippen LogP contribution in [0.1, 0.15) is 41.9 Å². The van der Waals surface area contributed by atoms with Crippen molar-refractivity contribution in [3.8, 4) is 0 Å². The lowest BCUT2D eigenvalue weighted by atomic mass is 10.2. The zero-order valence-corrected chi connectivity index (χ0v) is 16.2. The first-order valence-electron chi connectivity index (χ1n) is 8.51. The van der Waals surface area contributed by atoms with Crippen molar-refractivity contribution in [3.63, 3.8) is 0 Å². The molecule has 3 heterocycles. The van der Waals surface area contributed by atoms with Gasteiger partial charge in [-0.15, -0.1) is 0 Å². The molecule has 1 saturated heterocycles. The molecular formula is C16H24N6O3S. The maximum atomic E-state index is 12.9. The Labute approximate surface area is 153 Å². The van der Waals surface area contributed by atoms with Crippen molar-refractivity contribution in [2.45, 2.75) is 44.2 Å². The minimum atomic E-state index is -3.73. The lowest BCUT2D eigenvalue weighted by Crippen LogP contribution is -2.28. The minimum Gasteiger partial charge on any atom is -0.373 e. The number of sulfonamides is 1. The highest BCUT2D eigenvalue weighted by Crippen LogP contribution is 2.25. The van der Waals surface area contributed by atoms with E-state index in [1.165, 1.54) is 11.4 Å². The van der Waals surface area contributed by atoms with Gasteiger partial charge in [0, 0.05) is 20.2 Å². The van der Waals surface area contributed by atoms with Crippen LogP contribution < -0.4 is 10.6 Å². The van der Waals surface area contributed by atoms with Gasteiger partial charge in [0.2, 0.25) is 10.0 Å². The van der Waals surface area contributed by atoms with Crippen molar-refractivity contribution in [1.29, 1.82) is 0 Å². The maximum Gasteiger partial charge on any atom is 0.248 e. The summed E-state index contributed by atoms with van der Waals surface area (Å²) >= 11 is 0. The van der Waals surface area contributed by atoms with Crippen molar-refractivity contribution >= 4 is 15.8 Å². The van der Waals surface area contributed by atoms with Crippen molar-refractivity contribution < 1.29 is 12.9 Å². The molecule has 3 rings (SSSR count). The third-order valence-corrected chi connectivity index (χ3v) is 6.49. The normalized spacial score (nSPS) is 17.8. The Morgan fingerprint density at radius 2 is 2.15 bits per heavy atom. The molecule has 0 radical (unpaired) electrons. The van der Waals surface area contributed by atoms with Crippen LogP contribution in [0.15, 0.2) is 15.5 Å². The third kappa shape index (κ3) is 3.57. The SMILES string of the molecule is CNc1cc(CN(C)S(=O)(=O)c2c(C)noc2C)nc([C@@H]2CCCN2)n1. The number of nitrogens with zero attached hydrogens (tertiary/aromatic N) is 4. The van der Waals surface area contributed by atoms with E-state index in [9.17, 15) is 8.42 Å². The second-order valence-corrected chi connectivity index (χ2v) is 8.40. The minimum absolute atomic E-state index is 0.103. The Balaban J connectivity index is 1.89. The van der Waals surface area contributed by atoms with Crippen molar-refractivity contribution in [1.82, 2.24) is 24.7 Å². The Morgan fingerprint density at radius 1 is 1.38 bits per heavy atom. The van der Waals surface area contributed by atoms with E-state index >= 15 is 0 Å². The average Bonchev–Trinajstić information content (AvgIpc) is 3.24. The van der Waals surface area contributed by atoms with Gasteiger partial charge >= 0.3 is 0 Å². The van der Waals surface area contributed by atoms with E-state index in [2.05, 4.69) is 25.8 Å². The van der Waals surface area contributed by atoms with Gasteiger partial charge in [0.1, 0.15) is 22.2 Å². The first kappa shape index (κ1) is 18.7. The molecule has 9 nitrogen and oxygen atoms in total. The van der Waals surface area contributed by atoms with E-state index in [0.29, 0.717) is 23.0 Å². The van der Waals surface area contributed by atoms with Crippen LogP contribution in [0.5, 0.6) is 0 Å². The van der Waals surface area contributed by atoms with Crippen molar-refractivity contribution in [3.05, 3.63) is 29.0 Å². The van der Waals surface area contributed by atoms with E-state index in [1.54, 1.807) is 27.0 Å². The third-order valence-electron chi connectivity index (χ3n) is 4.45. The summed E-state index contributed by atoms with van der Waals surface area (Å²) in [6, 6.07) is 1.86. The molecule has 0 aliphatic carbocycles. The van der Waals surface area contributed by atoms with E-state index in [4.69, 9.17) is 4.52 Å². The molecule has 0 unspecified atom stereocenters. The molecule has 1 aliphatic heterocycles. The summed E-state index contributed by atoms with van der Waals surface area (Å²) in [7, 11) is -0.422. The molecule has 0 amide bonds. The van der Waals surface area contributed by atoms with Gasteiger partial charge in [0.15, 0.2) is 5.76 Å². The van der Waals surface area contributed by atoms with Crippen LogP contribution in [-0.2, 0) is 16.6 Å². The van der Waals surface area contributed by atoms with E-state index in [1.807, 2.05) is 0 Å². The molecular weight excluding hydrogens is 356 g/mol. The number of aryl methyl sites for hydroxylation is 2. The second-order valence-electron chi connectivity index (χ2n) is 6.42. The largest absolute Gasteiger partial charge is 0.373 e. The first-order chi connectivity index (χ1) is 12.3. The van der Waals surface area contributed by atoms with Gasteiger partial charge in [-0.25, -0.2) is 18.4 Å². The van der Waals surface area contributed by atoms with Crippen LogP contribution >= 0.6 is 0 Å². The Morgan fingerprint density at radius 3 is 2.73 bits per heavy atom. The fourth-order valence-corrected chi connectivity index (χ4v) is 4.52. The molecule has 26 heavy (non-hydrogen) atoms. The topological polar surface area (TPSA) is 113 Å². The average molecular weight is 380 g/mol. The zero-order valence-electron chi connectivity index (χ0n) is 15.4. The molecule has 2 aromatic rings. The number of nitrogens with one attached hydrogen (secondary N) is 2. The predicted molar refractivity (Wildman–Crippen MR) is 96.2 cm³/mol. The van der Waals surface area contributed by atoms with Gasteiger partial charge in [-0.2, -0.15) is 4.31 Å². The van der Waals surface area contributed by atoms with Gasteiger partial charge in [-0.05, 0) is 33.2 Å². The fraction of sp³-hybridized carbons (Fsp3) is 0.562. The molecule has 142 valence electrons. The lowest BCUT2D eigenvalue weighted by Gasteiger charge is -2.18. The fourth-order valence-electron chi connectivity index (χ4n) is 3.10. The predicted octanol–water partition coefficient (Wildman–Crippen LogP) is 1.37. The van der Waals surface area contributed by atoms with Crippen LogP contribution in [0.3, 0.4) is 0 Å². The molecule has 1 atom stereocenters. The molecule has 2 N–H and O–H groups in total. The summed E-state index contributed by atoms with van der Waals surface area (Å²) in [5.41, 5.74) is 0.981. The monoisotopic (exact) mass is 380 g/mol. The molecule has 0 bridgehead atoms. The summed E-state index contributed by atoms with van der Waals surface area (Å²) in [6.07, 6.45) is 2.05. The second kappa shape index (κ2) is 7.29. The van der Waals surface area contributed by atoms with Crippen LogP contribution in [0, 0.1) is 13.8 Å². The molecule has 1 fully saturated rings. The van der Waals surface area contributed by atoms with Gasteiger partial charge < -0.3 is 15.2 Å². The van der Waals surface area contributed by atoms with E-state index in [0.717, 1.165) is 19.4 Å². The molecule has 0 spiro atoms. The van der Waals surface area contributed by atoms with E-state index in [-0.39, 0.29) is 23.2 Å². The summed E-state index contributed by atoms with van der Waals surface area (Å²) in [4.78, 5) is 9.20. The van der Waals surface area contributed by atoms with Crippen LogP contribution in [0.4, 0.5) is 5.82 Å². The molecule has 0 saturated carbocycles. The number of rotatable bonds is 6. The maximum absolute atomic E-state index is 12.9. The summed E-state index contributed by atoms with van der Waals surface area (Å²) in [6.45, 7) is 4.27. The number of hydrogen-bond acceptors (Lipinski definition) is 8. The highest BCUT2D eigenvalue weighted by atomic mass is 32.2. The van der Waals surface area contributed by atoms with E-state index < -0.39 is 10.0 Å².